The minimum absolute atomic E-state index is 0.156. The second-order valence-corrected chi connectivity index (χ2v) is 3.78. The standard InChI is InChI=1S/C12H16N4/c1-3-16-11(5-7-15-16)12(13)10-8-14-6-4-9(10)2/h4-8,12H,3,13H2,1-2H3. The molecule has 2 rings (SSSR count). The van der Waals surface area contributed by atoms with Gasteiger partial charge in [0.05, 0.1) is 11.7 Å². The molecule has 0 saturated heterocycles. The fourth-order valence-electron chi connectivity index (χ4n) is 1.83. The lowest BCUT2D eigenvalue weighted by Crippen LogP contribution is -2.18. The molecule has 0 aromatic carbocycles. The first-order valence-corrected chi connectivity index (χ1v) is 5.41. The van der Waals surface area contributed by atoms with Gasteiger partial charge in [0.25, 0.3) is 0 Å². The van der Waals surface area contributed by atoms with Gasteiger partial charge in [0.2, 0.25) is 0 Å². The van der Waals surface area contributed by atoms with Gasteiger partial charge in [-0.2, -0.15) is 5.10 Å². The lowest BCUT2D eigenvalue weighted by molar-refractivity contribution is 0.599. The number of nitrogens with zero attached hydrogens (tertiary/aromatic N) is 3. The minimum atomic E-state index is -0.156. The average Bonchev–Trinajstić information content (AvgIpc) is 2.77. The zero-order valence-corrected chi connectivity index (χ0v) is 9.59. The van der Waals surface area contributed by atoms with Crippen molar-refractivity contribution in [3.63, 3.8) is 0 Å². The van der Waals surface area contributed by atoms with Gasteiger partial charge >= 0.3 is 0 Å². The molecule has 2 heterocycles. The first-order valence-electron chi connectivity index (χ1n) is 5.41. The molecule has 4 heteroatoms. The Morgan fingerprint density at radius 2 is 2.19 bits per heavy atom. The highest BCUT2D eigenvalue weighted by Gasteiger charge is 2.15. The molecule has 4 nitrogen and oxygen atoms in total. The molecule has 0 amide bonds. The number of hydrogen-bond acceptors (Lipinski definition) is 3. The SMILES string of the molecule is CCn1nccc1C(N)c1cnccc1C. The summed E-state index contributed by atoms with van der Waals surface area (Å²) in [5.41, 5.74) is 9.48. The third-order valence-electron chi connectivity index (χ3n) is 2.78. The molecule has 84 valence electrons. The third kappa shape index (κ3) is 1.84. The van der Waals surface area contributed by atoms with Crippen LogP contribution >= 0.6 is 0 Å². The highest BCUT2D eigenvalue weighted by Crippen LogP contribution is 2.21. The zero-order chi connectivity index (χ0) is 11.5. The Balaban J connectivity index is 2.39. The van der Waals surface area contributed by atoms with Gasteiger partial charge in [-0.1, -0.05) is 0 Å². The topological polar surface area (TPSA) is 56.7 Å². The molecule has 0 spiro atoms. The Morgan fingerprint density at radius 1 is 1.38 bits per heavy atom. The van der Waals surface area contributed by atoms with Crippen LogP contribution in [-0.2, 0) is 6.54 Å². The van der Waals surface area contributed by atoms with Crippen molar-refractivity contribution in [2.75, 3.05) is 0 Å². The normalized spacial score (nSPS) is 12.7. The summed E-state index contributed by atoms with van der Waals surface area (Å²) in [5.74, 6) is 0. The van der Waals surface area contributed by atoms with E-state index in [1.165, 1.54) is 0 Å². The molecule has 2 aromatic heterocycles. The van der Waals surface area contributed by atoms with Crippen LogP contribution in [0.2, 0.25) is 0 Å². The predicted octanol–water partition coefficient (Wildman–Crippen LogP) is 1.65. The van der Waals surface area contributed by atoms with Crippen LogP contribution in [0.5, 0.6) is 0 Å². The molecule has 16 heavy (non-hydrogen) atoms. The molecule has 0 aliphatic heterocycles. The highest BCUT2D eigenvalue weighted by molar-refractivity contribution is 5.31. The van der Waals surface area contributed by atoms with Crippen LogP contribution in [0, 0.1) is 6.92 Å². The van der Waals surface area contributed by atoms with E-state index in [1.807, 2.05) is 29.9 Å². The molecule has 0 aliphatic carbocycles. The summed E-state index contributed by atoms with van der Waals surface area (Å²) in [6.45, 7) is 4.93. The second-order valence-electron chi connectivity index (χ2n) is 3.78. The van der Waals surface area contributed by atoms with Crippen molar-refractivity contribution in [3.05, 3.63) is 47.5 Å². The number of nitrogens with two attached hydrogens (primary N) is 1. The van der Waals surface area contributed by atoms with Gasteiger partial charge in [-0.3, -0.25) is 9.67 Å². The van der Waals surface area contributed by atoms with E-state index in [1.54, 1.807) is 12.4 Å². The Kier molecular flexibility index (Phi) is 3.01. The van der Waals surface area contributed by atoms with Crippen molar-refractivity contribution in [2.24, 2.45) is 5.73 Å². The minimum Gasteiger partial charge on any atom is -0.319 e. The van der Waals surface area contributed by atoms with Crippen LogP contribution < -0.4 is 5.73 Å². The number of hydrogen-bond donors (Lipinski definition) is 1. The summed E-state index contributed by atoms with van der Waals surface area (Å²) in [6.07, 6.45) is 5.39. The summed E-state index contributed by atoms with van der Waals surface area (Å²) < 4.78 is 1.91. The average molecular weight is 216 g/mol. The molecule has 2 N–H and O–H groups in total. The molecule has 0 aliphatic rings. The maximum absolute atomic E-state index is 6.24. The summed E-state index contributed by atoms with van der Waals surface area (Å²) in [7, 11) is 0. The summed E-state index contributed by atoms with van der Waals surface area (Å²) >= 11 is 0. The van der Waals surface area contributed by atoms with Gasteiger partial charge < -0.3 is 5.73 Å². The van der Waals surface area contributed by atoms with E-state index in [4.69, 9.17) is 5.73 Å². The van der Waals surface area contributed by atoms with Gasteiger partial charge in [-0.15, -0.1) is 0 Å². The van der Waals surface area contributed by atoms with Crippen LogP contribution in [0.4, 0.5) is 0 Å². The lowest BCUT2D eigenvalue weighted by atomic mass is 10.0. The van der Waals surface area contributed by atoms with Gasteiger partial charge in [0.1, 0.15) is 0 Å². The van der Waals surface area contributed by atoms with E-state index in [0.29, 0.717) is 0 Å². The molecule has 0 bridgehead atoms. The molecule has 0 saturated carbocycles. The van der Waals surface area contributed by atoms with Gasteiger partial charge in [0, 0.05) is 25.1 Å². The lowest BCUT2D eigenvalue weighted by Gasteiger charge is -2.15. The van der Waals surface area contributed by atoms with E-state index in [0.717, 1.165) is 23.4 Å². The van der Waals surface area contributed by atoms with Gasteiger partial charge in [-0.25, -0.2) is 0 Å². The Morgan fingerprint density at radius 3 is 2.88 bits per heavy atom. The van der Waals surface area contributed by atoms with Gasteiger partial charge in [-0.05, 0) is 37.1 Å². The molecule has 0 radical (unpaired) electrons. The van der Waals surface area contributed by atoms with Crippen molar-refractivity contribution < 1.29 is 0 Å². The highest BCUT2D eigenvalue weighted by atomic mass is 15.3. The monoisotopic (exact) mass is 216 g/mol. The Bertz CT molecular complexity index is 475. The molecule has 1 atom stereocenters. The molecule has 0 fully saturated rings. The number of aromatic nitrogens is 3. The van der Waals surface area contributed by atoms with Crippen LogP contribution in [0.15, 0.2) is 30.7 Å². The van der Waals surface area contributed by atoms with Crippen molar-refractivity contribution in [1.82, 2.24) is 14.8 Å². The molecular formula is C12H16N4. The van der Waals surface area contributed by atoms with E-state index in [2.05, 4.69) is 17.0 Å². The second kappa shape index (κ2) is 4.45. The number of rotatable bonds is 3. The largest absolute Gasteiger partial charge is 0.319 e. The van der Waals surface area contributed by atoms with Crippen molar-refractivity contribution in [1.29, 1.82) is 0 Å². The van der Waals surface area contributed by atoms with E-state index < -0.39 is 0 Å². The molecular weight excluding hydrogens is 200 g/mol. The van der Waals surface area contributed by atoms with Crippen LogP contribution in [-0.4, -0.2) is 14.8 Å². The van der Waals surface area contributed by atoms with Crippen molar-refractivity contribution >= 4 is 0 Å². The summed E-state index contributed by atoms with van der Waals surface area (Å²) in [4.78, 5) is 4.12. The first-order chi connectivity index (χ1) is 7.74. The van der Waals surface area contributed by atoms with E-state index in [9.17, 15) is 0 Å². The third-order valence-corrected chi connectivity index (χ3v) is 2.78. The first kappa shape index (κ1) is 10.8. The number of aryl methyl sites for hydroxylation is 2. The molecule has 1 unspecified atom stereocenters. The van der Waals surface area contributed by atoms with Crippen LogP contribution in [0.3, 0.4) is 0 Å². The maximum atomic E-state index is 6.24. The zero-order valence-electron chi connectivity index (χ0n) is 9.59. The Labute approximate surface area is 95.1 Å². The summed E-state index contributed by atoms with van der Waals surface area (Å²) in [6, 6.07) is 3.78. The van der Waals surface area contributed by atoms with Crippen LogP contribution in [0.1, 0.15) is 29.8 Å². The smallest absolute Gasteiger partial charge is 0.0740 e. The van der Waals surface area contributed by atoms with Crippen LogP contribution in [0.25, 0.3) is 0 Å². The maximum Gasteiger partial charge on any atom is 0.0740 e. The fourth-order valence-corrected chi connectivity index (χ4v) is 1.83. The number of pyridine rings is 1. The fraction of sp³-hybridized carbons (Fsp3) is 0.333. The van der Waals surface area contributed by atoms with E-state index in [-0.39, 0.29) is 6.04 Å². The van der Waals surface area contributed by atoms with E-state index >= 15 is 0 Å². The predicted molar refractivity (Wildman–Crippen MR) is 62.9 cm³/mol. The Hall–Kier alpha value is -1.68. The summed E-state index contributed by atoms with van der Waals surface area (Å²) in [5, 5.41) is 4.23. The molecule has 2 aromatic rings. The van der Waals surface area contributed by atoms with Gasteiger partial charge in [0.15, 0.2) is 0 Å². The quantitative estimate of drug-likeness (QED) is 0.848. The van der Waals surface area contributed by atoms with Crippen molar-refractivity contribution in [3.8, 4) is 0 Å². The van der Waals surface area contributed by atoms with Crippen molar-refractivity contribution in [2.45, 2.75) is 26.4 Å².